The Morgan fingerprint density at radius 3 is 0.967 bits per heavy atom. The molecule has 0 aliphatic heterocycles. The van der Waals surface area contributed by atoms with Crippen molar-refractivity contribution in [3.63, 3.8) is 0 Å². The van der Waals surface area contributed by atoms with Gasteiger partial charge in [0.25, 0.3) is 0 Å². The molecule has 0 unspecified atom stereocenters. The molecule has 10 aromatic rings. The molecule has 0 fully saturated rings. The van der Waals surface area contributed by atoms with E-state index in [1.807, 2.05) is 38.1 Å². The molecule has 61 heavy (non-hydrogen) atoms. The monoisotopic (exact) mass is 976 g/mol. The Kier molecular flexibility index (Phi) is 10.3. The molecule has 0 saturated carbocycles. The molecule has 0 saturated heterocycles. The summed E-state index contributed by atoms with van der Waals surface area (Å²) < 4.78 is 70.6. The zero-order chi connectivity index (χ0) is 42.7. The molecule has 14 nitrogen and oxygen atoms in total. The van der Waals surface area contributed by atoms with Crippen molar-refractivity contribution in [2.24, 2.45) is 0 Å². The van der Waals surface area contributed by atoms with Crippen LogP contribution in [0.25, 0.3) is 87.2 Å². The van der Waals surface area contributed by atoms with E-state index in [1.54, 1.807) is 50.2 Å². The largest absolute Gasteiger partial charge is 2.00 e. The molecule has 17 heteroatoms. The van der Waals surface area contributed by atoms with Gasteiger partial charge in [-0.1, -0.05) is 23.3 Å². The summed E-state index contributed by atoms with van der Waals surface area (Å²) in [5, 5.41) is 2.54. The average molecular weight is 976 g/mol. The fourth-order valence-electron chi connectivity index (χ4n) is 7.93. The molecule has 0 atom stereocenters. The summed E-state index contributed by atoms with van der Waals surface area (Å²) in [6, 6.07) is 22.7. The topological polar surface area (TPSA) is 246 Å². The standard InChI is InChI=1S/2C22H16N2O5S.Ba/c2*1-10-3-4-16-12(5-10)21(25)13-9-18-14(8-17(13)23-16)22(26)15-6-11(2)7-19(20(15)24-18)30(27,28)29;/h2*3-9H,1-2H3,(H,23,25)(H,24,26)(H,27,28,29);/q;;+2/p-2. The second-order valence-electron chi connectivity index (χ2n) is 15.1. The van der Waals surface area contributed by atoms with Gasteiger partial charge in [0.05, 0.1) is 42.9 Å². The summed E-state index contributed by atoms with van der Waals surface area (Å²) in [6.07, 6.45) is 0. The molecule has 4 aromatic heterocycles. The Bertz CT molecular complexity index is 3830. The molecule has 0 aliphatic rings. The predicted octanol–water partition coefficient (Wildman–Crippen LogP) is 6.01. The summed E-state index contributed by atoms with van der Waals surface area (Å²) in [6.45, 7) is 7.01. The quantitative estimate of drug-likeness (QED) is 0.0892. The van der Waals surface area contributed by atoms with Crippen LogP contribution in [0.5, 0.6) is 0 Å². The van der Waals surface area contributed by atoms with Crippen molar-refractivity contribution in [3.8, 4) is 0 Å². The number of rotatable bonds is 2. The van der Waals surface area contributed by atoms with Crippen molar-refractivity contribution in [2.75, 3.05) is 0 Å². The van der Waals surface area contributed by atoms with Gasteiger partial charge in [-0.15, -0.1) is 0 Å². The van der Waals surface area contributed by atoms with Crippen molar-refractivity contribution in [3.05, 3.63) is 148 Å². The third-order valence-corrected chi connectivity index (χ3v) is 12.4. The number of aromatic amines is 4. The Labute approximate surface area is 384 Å². The fraction of sp³-hybridized carbons (Fsp3) is 0.0909. The minimum Gasteiger partial charge on any atom is -0.744 e. The van der Waals surface area contributed by atoms with E-state index < -0.39 is 40.9 Å². The average Bonchev–Trinajstić information content (AvgIpc) is 3.18. The van der Waals surface area contributed by atoms with Crippen LogP contribution in [-0.2, 0) is 20.2 Å². The number of hydrogen-bond acceptors (Lipinski definition) is 10. The van der Waals surface area contributed by atoms with E-state index >= 15 is 0 Å². The van der Waals surface area contributed by atoms with Gasteiger partial charge >= 0.3 is 48.9 Å². The van der Waals surface area contributed by atoms with Crippen LogP contribution in [-0.4, -0.2) is 94.8 Å². The third kappa shape index (κ3) is 7.22. The smallest absolute Gasteiger partial charge is 0.744 e. The van der Waals surface area contributed by atoms with Crippen LogP contribution >= 0.6 is 0 Å². The number of benzene rings is 6. The molecule has 10 rings (SSSR count). The van der Waals surface area contributed by atoms with Crippen LogP contribution in [0, 0.1) is 27.7 Å². The summed E-state index contributed by atoms with van der Waals surface area (Å²) in [5.74, 6) is 0. The SMILES string of the molecule is Cc1ccc2[nH]c3cc4c(=O)c5cc(C)cc(S(=O)(=O)[O-])c5[nH]c4cc3c(=O)c2c1.Cc1ccc2[nH]c3cc4c(=O)c5cc(C)cc(S(=O)(=O)[O-])c5[nH]c4cc3c(=O)c2c1.[Ba+2]. The second-order valence-corrected chi connectivity index (χ2v) is 17.8. The van der Waals surface area contributed by atoms with E-state index in [4.69, 9.17) is 0 Å². The number of aryl methyl sites for hydroxylation is 4. The van der Waals surface area contributed by atoms with E-state index in [9.17, 15) is 45.1 Å². The minimum absolute atomic E-state index is 0. The van der Waals surface area contributed by atoms with E-state index in [0.29, 0.717) is 54.7 Å². The Morgan fingerprint density at radius 2 is 0.639 bits per heavy atom. The minimum atomic E-state index is -4.81. The Morgan fingerprint density at radius 1 is 0.361 bits per heavy atom. The molecular weight excluding hydrogens is 946 g/mol. The molecule has 0 spiro atoms. The first-order chi connectivity index (χ1) is 28.3. The summed E-state index contributed by atoms with van der Waals surface area (Å²) >= 11 is 0. The number of fused-ring (bicyclic) bond motifs is 8. The maximum Gasteiger partial charge on any atom is 2.00 e. The van der Waals surface area contributed by atoms with E-state index in [-0.39, 0.29) is 103 Å². The van der Waals surface area contributed by atoms with Crippen LogP contribution in [0.3, 0.4) is 0 Å². The van der Waals surface area contributed by atoms with Gasteiger partial charge in [0.2, 0.25) is 0 Å². The normalized spacial score (nSPS) is 12.2. The summed E-state index contributed by atoms with van der Waals surface area (Å²) in [4.78, 5) is 63.6. The second kappa shape index (κ2) is 14.9. The third-order valence-electron chi connectivity index (χ3n) is 10.7. The molecule has 300 valence electrons. The fourth-order valence-corrected chi connectivity index (χ4v) is 9.41. The van der Waals surface area contributed by atoms with Gasteiger partial charge in [-0.3, -0.25) is 19.2 Å². The van der Waals surface area contributed by atoms with Gasteiger partial charge in [-0.2, -0.15) is 0 Å². The molecule has 0 amide bonds. The first-order valence-electron chi connectivity index (χ1n) is 18.3. The van der Waals surface area contributed by atoms with Crippen molar-refractivity contribution >= 4 is 156 Å². The molecule has 4 heterocycles. The molecule has 0 radical (unpaired) electrons. The van der Waals surface area contributed by atoms with Gasteiger partial charge in [-0.05, 0) is 112 Å². The number of H-pyrrole nitrogens is 4. The molecular formula is C44H30BaN4O10S2. The molecule has 4 N–H and O–H groups in total. The number of aromatic nitrogens is 4. The summed E-state index contributed by atoms with van der Waals surface area (Å²) in [5.41, 5.74) is 4.37. The molecule has 0 bridgehead atoms. The van der Waals surface area contributed by atoms with Crippen molar-refractivity contribution in [2.45, 2.75) is 37.5 Å². The van der Waals surface area contributed by atoms with Gasteiger partial charge in [-0.25, -0.2) is 16.8 Å². The predicted molar refractivity (Wildman–Crippen MR) is 236 cm³/mol. The van der Waals surface area contributed by atoms with E-state index in [1.165, 1.54) is 24.3 Å². The van der Waals surface area contributed by atoms with Gasteiger partial charge in [0.1, 0.15) is 20.2 Å². The molecule has 0 aliphatic carbocycles. The Balaban J connectivity index is 0.000000166. The van der Waals surface area contributed by atoms with Crippen LogP contribution in [0.1, 0.15) is 22.3 Å². The van der Waals surface area contributed by atoms with Crippen LogP contribution in [0.2, 0.25) is 0 Å². The first kappa shape index (κ1) is 42.3. The van der Waals surface area contributed by atoms with Crippen LogP contribution in [0.15, 0.2) is 114 Å². The Hall–Kier alpha value is -5.41. The summed E-state index contributed by atoms with van der Waals surface area (Å²) in [7, 11) is -9.62. The zero-order valence-electron chi connectivity index (χ0n) is 32.7. The number of nitrogens with one attached hydrogen (secondary N) is 4. The number of hydrogen-bond donors (Lipinski definition) is 4. The van der Waals surface area contributed by atoms with E-state index in [2.05, 4.69) is 19.9 Å². The van der Waals surface area contributed by atoms with Crippen molar-refractivity contribution in [1.29, 1.82) is 0 Å². The molecule has 6 aromatic carbocycles. The first-order valence-corrected chi connectivity index (χ1v) is 21.1. The number of pyridine rings is 4. The van der Waals surface area contributed by atoms with Crippen LogP contribution in [0.4, 0.5) is 0 Å². The van der Waals surface area contributed by atoms with Gasteiger partial charge in [0, 0.05) is 54.1 Å². The maximum atomic E-state index is 13.1. The van der Waals surface area contributed by atoms with Crippen molar-refractivity contribution < 1.29 is 25.9 Å². The van der Waals surface area contributed by atoms with E-state index in [0.717, 1.165) is 11.1 Å². The zero-order valence-corrected chi connectivity index (χ0v) is 38.8. The van der Waals surface area contributed by atoms with Gasteiger partial charge in [0.15, 0.2) is 21.7 Å². The maximum absolute atomic E-state index is 13.1. The van der Waals surface area contributed by atoms with Gasteiger partial charge < -0.3 is 29.0 Å². The van der Waals surface area contributed by atoms with Crippen LogP contribution < -0.4 is 21.7 Å². The van der Waals surface area contributed by atoms with Crippen molar-refractivity contribution in [1.82, 2.24) is 19.9 Å².